The Morgan fingerprint density at radius 1 is 0.906 bits per heavy atom. The minimum Gasteiger partial charge on any atom is -0.454 e. The second-order valence-electron chi connectivity index (χ2n) is 7.80. The Morgan fingerprint density at radius 2 is 1.59 bits per heavy atom. The molecule has 0 atom stereocenters. The number of carbonyl (C=O) groups excluding carboxylic acids is 1. The van der Waals surface area contributed by atoms with E-state index in [-0.39, 0.29) is 6.03 Å². The van der Waals surface area contributed by atoms with E-state index in [1.54, 1.807) is 0 Å². The van der Waals surface area contributed by atoms with Crippen LogP contribution >= 0.6 is 0 Å². The molecule has 2 amide bonds. The second kappa shape index (κ2) is 9.06. The number of carbonyl (C=O) groups is 1. The third kappa shape index (κ3) is 4.25. The van der Waals surface area contributed by atoms with Crippen LogP contribution in [0.3, 0.4) is 0 Å². The highest BCUT2D eigenvalue weighted by Crippen LogP contribution is 2.30. The smallest absolute Gasteiger partial charge is 0.318 e. The maximum absolute atomic E-state index is 12.4. The van der Waals surface area contributed by atoms with Crippen molar-refractivity contribution >= 4 is 16.9 Å². The number of benzene rings is 3. The molecule has 3 aromatic carbocycles. The van der Waals surface area contributed by atoms with Crippen LogP contribution in [0.1, 0.15) is 16.8 Å². The Labute approximate surface area is 186 Å². The van der Waals surface area contributed by atoms with E-state index in [1.807, 2.05) is 65.6 Å². The highest BCUT2D eigenvalue weighted by molar-refractivity contribution is 5.85. The number of ether oxygens (including phenoxy) is 2. The molecule has 0 unspecified atom stereocenters. The monoisotopic (exact) mass is 427 g/mol. The summed E-state index contributed by atoms with van der Waals surface area (Å²) in [6, 6.07) is 26.0. The summed E-state index contributed by atoms with van der Waals surface area (Å²) in [6.07, 6.45) is 0.901. The van der Waals surface area contributed by atoms with Crippen LogP contribution in [0.2, 0.25) is 0 Å². The quantitative estimate of drug-likeness (QED) is 0.481. The minimum absolute atomic E-state index is 0.00170. The van der Waals surface area contributed by atoms with Gasteiger partial charge in [0.05, 0.1) is 6.54 Å². The predicted octanol–water partition coefficient (Wildman–Crippen LogP) is 4.85. The molecule has 2 aliphatic heterocycles. The Kier molecular flexibility index (Phi) is 5.66. The molecule has 2 aliphatic rings. The van der Waals surface area contributed by atoms with Gasteiger partial charge in [0.25, 0.3) is 0 Å². The van der Waals surface area contributed by atoms with Gasteiger partial charge in [0, 0.05) is 29.7 Å². The van der Waals surface area contributed by atoms with Gasteiger partial charge < -0.3 is 24.7 Å². The van der Waals surface area contributed by atoms with Crippen molar-refractivity contribution in [2.45, 2.75) is 19.5 Å². The average Bonchev–Trinajstić information content (AvgIpc) is 3.47. The number of nitrogens with zero attached hydrogens (tertiary/aromatic N) is 1. The number of H-pyrrole nitrogens is 1. The van der Waals surface area contributed by atoms with Crippen molar-refractivity contribution in [3.63, 3.8) is 0 Å². The van der Waals surface area contributed by atoms with Crippen LogP contribution in [-0.4, -0.2) is 29.3 Å². The summed E-state index contributed by atoms with van der Waals surface area (Å²) in [5.74, 6) is 1.69. The van der Waals surface area contributed by atoms with Gasteiger partial charge in [-0.05, 0) is 35.7 Å². The number of hydrogen-bond donors (Lipinski definition) is 2. The molecule has 1 aromatic heterocycles. The van der Waals surface area contributed by atoms with Gasteiger partial charge in [-0.3, -0.25) is 0 Å². The van der Waals surface area contributed by atoms with Crippen molar-refractivity contribution in [2.75, 3.05) is 13.3 Å². The highest BCUT2D eigenvalue weighted by Gasteiger charge is 2.23. The maximum Gasteiger partial charge on any atom is 0.318 e. The number of para-hydroxylation sites is 3. The number of aromatic nitrogens is 1. The summed E-state index contributed by atoms with van der Waals surface area (Å²) in [5.41, 5.74) is 4.79. The largest absolute Gasteiger partial charge is 0.454 e. The van der Waals surface area contributed by atoms with E-state index >= 15 is 0 Å². The van der Waals surface area contributed by atoms with Crippen molar-refractivity contribution in [3.8, 4) is 11.5 Å². The summed E-state index contributed by atoms with van der Waals surface area (Å²) in [7, 11) is 0. The van der Waals surface area contributed by atoms with Crippen LogP contribution in [0.25, 0.3) is 10.9 Å². The standard InChI is InChI=1S/C19H19N3O.C7H6O2/c23-19(20-12-14-6-2-1-3-7-14)22-11-10-16-15-8-4-5-9-17(15)21-18(16)13-22;1-2-4-7-6(3-1)8-5-9-7/h1-9,21H,10-13H2,(H,20,23);1-4H,5H2. The topological polar surface area (TPSA) is 66.6 Å². The first-order chi connectivity index (χ1) is 15.8. The maximum atomic E-state index is 12.4. The molecule has 6 nitrogen and oxygen atoms in total. The molecule has 6 heteroatoms. The van der Waals surface area contributed by atoms with E-state index in [4.69, 9.17) is 9.47 Å². The van der Waals surface area contributed by atoms with E-state index in [1.165, 1.54) is 10.9 Å². The zero-order chi connectivity index (χ0) is 21.8. The highest BCUT2D eigenvalue weighted by atomic mass is 16.7. The molecule has 162 valence electrons. The minimum atomic E-state index is -0.00170. The molecule has 0 radical (unpaired) electrons. The number of rotatable bonds is 2. The summed E-state index contributed by atoms with van der Waals surface area (Å²) in [6.45, 7) is 2.33. The number of amides is 2. The average molecular weight is 428 g/mol. The van der Waals surface area contributed by atoms with E-state index in [0.717, 1.165) is 41.2 Å². The summed E-state index contributed by atoms with van der Waals surface area (Å²) < 4.78 is 10.2. The first-order valence-electron chi connectivity index (χ1n) is 10.8. The lowest BCUT2D eigenvalue weighted by molar-refractivity contribution is 0.174. The van der Waals surface area contributed by atoms with E-state index in [2.05, 4.69) is 28.5 Å². The van der Waals surface area contributed by atoms with Gasteiger partial charge >= 0.3 is 6.03 Å². The third-order valence-corrected chi connectivity index (χ3v) is 5.73. The molecule has 2 N–H and O–H groups in total. The number of urea groups is 1. The first kappa shape index (κ1) is 20.0. The summed E-state index contributed by atoms with van der Waals surface area (Å²) in [5, 5.41) is 4.29. The molecule has 6 rings (SSSR count). The third-order valence-electron chi connectivity index (χ3n) is 5.73. The van der Waals surface area contributed by atoms with Crippen LogP contribution in [-0.2, 0) is 19.5 Å². The zero-order valence-corrected chi connectivity index (χ0v) is 17.7. The SMILES string of the molecule is O=C(NCc1ccccc1)N1CCc2c([nH]c3ccccc23)C1.c1ccc2c(c1)OCO2. The summed E-state index contributed by atoms with van der Waals surface area (Å²) in [4.78, 5) is 17.7. The lowest BCUT2D eigenvalue weighted by Gasteiger charge is -2.27. The van der Waals surface area contributed by atoms with Gasteiger partial charge in [-0.25, -0.2) is 4.79 Å². The van der Waals surface area contributed by atoms with Crippen LogP contribution in [0.15, 0.2) is 78.9 Å². The Balaban J connectivity index is 0.000000199. The van der Waals surface area contributed by atoms with Crippen molar-refractivity contribution < 1.29 is 14.3 Å². The van der Waals surface area contributed by atoms with Gasteiger partial charge in [0.15, 0.2) is 11.5 Å². The Bertz CT molecular complexity index is 1200. The van der Waals surface area contributed by atoms with Gasteiger partial charge in [-0.2, -0.15) is 0 Å². The molecule has 32 heavy (non-hydrogen) atoms. The van der Waals surface area contributed by atoms with Crippen molar-refractivity contribution in [2.24, 2.45) is 0 Å². The van der Waals surface area contributed by atoms with Gasteiger partial charge in [0.2, 0.25) is 6.79 Å². The van der Waals surface area contributed by atoms with Crippen LogP contribution < -0.4 is 14.8 Å². The fraction of sp³-hybridized carbons (Fsp3) is 0.192. The molecule has 3 heterocycles. The number of fused-ring (bicyclic) bond motifs is 4. The van der Waals surface area contributed by atoms with Gasteiger partial charge in [-0.1, -0.05) is 60.7 Å². The molecule has 0 saturated carbocycles. The van der Waals surface area contributed by atoms with E-state index < -0.39 is 0 Å². The van der Waals surface area contributed by atoms with Crippen LogP contribution in [0.4, 0.5) is 4.79 Å². The van der Waals surface area contributed by atoms with Crippen LogP contribution in [0.5, 0.6) is 11.5 Å². The van der Waals surface area contributed by atoms with E-state index in [9.17, 15) is 4.79 Å². The summed E-state index contributed by atoms with van der Waals surface area (Å²) >= 11 is 0. The zero-order valence-electron chi connectivity index (χ0n) is 17.7. The van der Waals surface area contributed by atoms with Gasteiger partial charge in [0.1, 0.15) is 0 Å². The van der Waals surface area contributed by atoms with Crippen molar-refractivity contribution in [1.82, 2.24) is 15.2 Å². The predicted molar refractivity (Wildman–Crippen MR) is 124 cm³/mol. The molecular formula is C26H25N3O3. The fourth-order valence-electron chi connectivity index (χ4n) is 4.10. The molecule has 0 fully saturated rings. The molecule has 0 aliphatic carbocycles. The van der Waals surface area contributed by atoms with Crippen molar-refractivity contribution in [1.29, 1.82) is 0 Å². The number of nitrogens with one attached hydrogen (secondary N) is 2. The molecule has 0 saturated heterocycles. The molecule has 0 bridgehead atoms. The lowest BCUT2D eigenvalue weighted by atomic mass is 10.0. The molecule has 4 aromatic rings. The lowest BCUT2D eigenvalue weighted by Crippen LogP contribution is -2.42. The fourth-order valence-corrected chi connectivity index (χ4v) is 4.10. The number of aromatic amines is 1. The normalized spacial score (nSPS) is 13.8. The van der Waals surface area contributed by atoms with Crippen LogP contribution in [0, 0.1) is 0 Å². The van der Waals surface area contributed by atoms with Gasteiger partial charge in [-0.15, -0.1) is 0 Å². The first-order valence-corrected chi connectivity index (χ1v) is 10.8. The Morgan fingerprint density at radius 3 is 2.38 bits per heavy atom. The number of hydrogen-bond acceptors (Lipinski definition) is 3. The molecular weight excluding hydrogens is 402 g/mol. The van der Waals surface area contributed by atoms with E-state index in [0.29, 0.717) is 19.9 Å². The second-order valence-corrected chi connectivity index (χ2v) is 7.80. The Hall–Kier alpha value is -3.93. The van der Waals surface area contributed by atoms with Crippen molar-refractivity contribution in [3.05, 3.63) is 95.7 Å². The molecule has 0 spiro atoms.